The smallest absolute Gasteiger partial charge is 0.129 e. The summed E-state index contributed by atoms with van der Waals surface area (Å²) in [5, 5.41) is 1.01. The van der Waals surface area contributed by atoms with E-state index in [9.17, 15) is 0 Å². The van der Waals surface area contributed by atoms with Gasteiger partial charge in [0.1, 0.15) is 16.6 Å². The fourth-order valence-corrected chi connectivity index (χ4v) is 3.98. The molecular formula is C19H22N4OS. The van der Waals surface area contributed by atoms with Crippen LogP contribution in [-0.4, -0.2) is 32.6 Å². The first-order chi connectivity index (χ1) is 12.2. The summed E-state index contributed by atoms with van der Waals surface area (Å²) in [7, 11) is 3.76. The molecule has 0 saturated heterocycles. The standard InChI is InChI=1S/C19H22N4OS/c1-22-10-9-20-18(22)13-23(14-7-8-14)12-15-11-21-19(25-15)16-5-3-4-6-17(16)24-2/h3-6,9-11,14H,7-8,12-13H2,1-2H3. The maximum atomic E-state index is 5.47. The van der Waals surface area contributed by atoms with Crippen LogP contribution in [0, 0.1) is 0 Å². The Morgan fingerprint density at radius 1 is 1.24 bits per heavy atom. The molecule has 6 heteroatoms. The highest BCUT2D eigenvalue weighted by Crippen LogP contribution is 2.35. The van der Waals surface area contributed by atoms with Crippen LogP contribution in [0.25, 0.3) is 10.6 Å². The first-order valence-corrected chi connectivity index (χ1v) is 9.34. The number of thiazole rings is 1. The fourth-order valence-electron chi connectivity index (χ4n) is 3.01. The molecule has 130 valence electrons. The predicted octanol–water partition coefficient (Wildman–Crippen LogP) is 3.72. The van der Waals surface area contributed by atoms with Crippen molar-refractivity contribution < 1.29 is 4.74 Å². The van der Waals surface area contributed by atoms with Crippen LogP contribution in [0.4, 0.5) is 0 Å². The summed E-state index contributed by atoms with van der Waals surface area (Å²) < 4.78 is 7.57. The van der Waals surface area contributed by atoms with E-state index in [1.807, 2.05) is 36.8 Å². The molecule has 1 aromatic carbocycles. The number of aromatic nitrogens is 3. The van der Waals surface area contributed by atoms with Gasteiger partial charge < -0.3 is 9.30 Å². The van der Waals surface area contributed by atoms with Gasteiger partial charge in [-0.25, -0.2) is 9.97 Å². The molecule has 5 nitrogen and oxygen atoms in total. The highest BCUT2D eigenvalue weighted by molar-refractivity contribution is 7.15. The number of hydrogen-bond acceptors (Lipinski definition) is 5. The second-order valence-electron chi connectivity index (χ2n) is 6.42. The number of methoxy groups -OCH3 is 1. The minimum absolute atomic E-state index is 0.675. The Bertz CT molecular complexity index is 852. The molecule has 0 spiro atoms. The molecule has 3 aromatic rings. The molecule has 1 fully saturated rings. The Kier molecular flexibility index (Phi) is 4.55. The Morgan fingerprint density at radius 2 is 2.08 bits per heavy atom. The zero-order valence-electron chi connectivity index (χ0n) is 14.6. The molecule has 0 N–H and O–H groups in total. The summed E-state index contributed by atoms with van der Waals surface area (Å²) in [6.45, 7) is 1.81. The molecule has 0 bridgehead atoms. The van der Waals surface area contributed by atoms with Crippen LogP contribution in [0.1, 0.15) is 23.5 Å². The summed E-state index contributed by atoms with van der Waals surface area (Å²) in [6, 6.07) is 8.73. The van der Waals surface area contributed by atoms with Gasteiger partial charge in [0.25, 0.3) is 0 Å². The highest BCUT2D eigenvalue weighted by Gasteiger charge is 2.30. The molecule has 2 heterocycles. The van der Waals surface area contributed by atoms with E-state index in [0.717, 1.165) is 35.2 Å². The van der Waals surface area contributed by atoms with Gasteiger partial charge in [-0.2, -0.15) is 0 Å². The summed E-state index contributed by atoms with van der Waals surface area (Å²) in [4.78, 5) is 12.9. The number of nitrogens with zero attached hydrogens (tertiary/aromatic N) is 4. The van der Waals surface area contributed by atoms with Crippen molar-refractivity contribution in [1.29, 1.82) is 0 Å². The van der Waals surface area contributed by atoms with E-state index < -0.39 is 0 Å². The Labute approximate surface area is 151 Å². The molecule has 1 aliphatic carbocycles. The van der Waals surface area contributed by atoms with Gasteiger partial charge in [0.05, 0.1) is 19.2 Å². The van der Waals surface area contributed by atoms with E-state index in [4.69, 9.17) is 4.74 Å². The van der Waals surface area contributed by atoms with Crippen LogP contribution in [0.5, 0.6) is 5.75 Å². The van der Waals surface area contributed by atoms with Crippen LogP contribution in [0.2, 0.25) is 0 Å². The molecule has 4 rings (SSSR count). The number of imidazole rings is 1. The molecule has 0 amide bonds. The number of aryl methyl sites for hydroxylation is 1. The minimum atomic E-state index is 0.675. The van der Waals surface area contributed by atoms with Crippen molar-refractivity contribution in [3.63, 3.8) is 0 Å². The lowest BCUT2D eigenvalue weighted by Crippen LogP contribution is -2.26. The zero-order valence-corrected chi connectivity index (χ0v) is 15.4. The van der Waals surface area contributed by atoms with Crippen molar-refractivity contribution in [2.45, 2.75) is 32.0 Å². The normalized spacial score (nSPS) is 14.2. The van der Waals surface area contributed by atoms with E-state index in [2.05, 4.69) is 32.5 Å². The molecule has 0 aliphatic heterocycles. The average Bonchev–Trinajstić information content (AvgIpc) is 3.26. The number of benzene rings is 1. The van der Waals surface area contributed by atoms with Crippen molar-refractivity contribution in [2.24, 2.45) is 7.05 Å². The van der Waals surface area contributed by atoms with Gasteiger partial charge in [-0.1, -0.05) is 12.1 Å². The van der Waals surface area contributed by atoms with Gasteiger partial charge in [0, 0.05) is 43.1 Å². The van der Waals surface area contributed by atoms with Crippen molar-refractivity contribution in [3.8, 4) is 16.3 Å². The fraction of sp³-hybridized carbons (Fsp3) is 0.368. The first kappa shape index (κ1) is 16.3. The lowest BCUT2D eigenvalue weighted by molar-refractivity contribution is 0.239. The topological polar surface area (TPSA) is 43.2 Å². The Balaban J connectivity index is 1.52. The molecule has 0 radical (unpaired) electrons. The molecule has 0 unspecified atom stereocenters. The largest absolute Gasteiger partial charge is 0.496 e. The third-order valence-electron chi connectivity index (χ3n) is 4.58. The second kappa shape index (κ2) is 6.98. The van der Waals surface area contributed by atoms with Gasteiger partial charge >= 0.3 is 0 Å². The number of para-hydroxylation sites is 1. The molecular weight excluding hydrogens is 332 g/mol. The molecule has 2 aromatic heterocycles. The van der Waals surface area contributed by atoms with Crippen molar-refractivity contribution >= 4 is 11.3 Å². The molecule has 1 aliphatic rings. The van der Waals surface area contributed by atoms with E-state index >= 15 is 0 Å². The van der Waals surface area contributed by atoms with Gasteiger partial charge in [-0.05, 0) is 25.0 Å². The highest BCUT2D eigenvalue weighted by atomic mass is 32.1. The maximum absolute atomic E-state index is 5.47. The summed E-state index contributed by atoms with van der Waals surface area (Å²) in [5.74, 6) is 1.98. The van der Waals surface area contributed by atoms with E-state index in [1.54, 1.807) is 18.4 Å². The predicted molar refractivity (Wildman–Crippen MR) is 99.6 cm³/mol. The third kappa shape index (κ3) is 3.60. The average molecular weight is 354 g/mol. The van der Waals surface area contributed by atoms with Gasteiger partial charge in [-0.3, -0.25) is 4.90 Å². The lowest BCUT2D eigenvalue weighted by atomic mass is 10.2. The van der Waals surface area contributed by atoms with E-state index in [0.29, 0.717) is 6.04 Å². The zero-order chi connectivity index (χ0) is 17.2. The van der Waals surface area contributed by atoms with Crippen LogP contribution in [-0.2, 0) is 20.1 Å². The van der Waals surface area contributed by atoms with Gasteiger partial charge in [0.2, 0.25) is 0 Å². The Hall–Kier alpha value is -2.18. The molecule has 0 atom stereocenters. The third-order valence-corrected chi connectivity index (χ3v) is 5.59. The first-order valence-electron chi connectivity index (χ1n) is 8.53. The lowest BCUT2D eigenvalue weighted by Gasteiger charge is -2.20. The van der Waals surface area contributed by atoms with E-state index in [1.165, 1.54) is 17.7 Å². The van der Waals surface area contributed by atoms with Gasteiger partial charge in [0.15, 0.2) is 0 Å². The van der Waals surface area contributed by atoms with E-state index in [-0.39, 0.29) is 0 Å². The van der Waals surface area contributed by atoms with Crippen LogP contribution in [0.15, 0.2) is 42.9 Å². The summed E-state index contributed by atoms with van der Waals surface area (Å²) in [6.07, 6.45) is 8.44. The second-order valence-corrected chi connectivity index (χ2v) is 7.54. The molecule has 1 saturated carbocycles. The minimum Gasteiger partial charge on any atom is -0.496 e. The maximum Gasteiger partial charge on any atom is 0.129 e. The SMILES string of the molecule is COc1ccccc1-c1ncc(CN(Cc2nccn2C)C2CC2)s1. The van der Waals surface area contributed by atoms with Crippen LogP contribution in [0.3, 0.4) is 0 Å². The quantitative estimate of drug-likeness (QED) is 0.649. The van der Waals surface area contributed by atoms with Crippen molar-refractivity contribution in [1.82, 2.24) is 19.4 Å². The van der Waals surface area contributed by atoms with Crippen LogP contribution < -0.4 is 4.74 Å². The number of ether oxygens (including phenoxy) is 1. The van der Waals surface area contributed by atoms with Crippen LogP contribution >= 0.6 is 11.3 Å². The summed E-state index contributed by atoms with van der Waals surface area (Å²) >= 11 is 1.75. The van der Waals surface area contributed by atoms with Gasteiger partial charge in [-0.15, -0.1) is 11.3 Å². The van der Waals surface area contributed by atoms with Crippen molar-refractivity contribution in [3.05, 3.63) is 53.6 Å². The number of hydrogen-bond donors (Lipinski definition) is 0. The van der Waals surface area contributed by atoms with Crippen molar-refractivity contribution in [2.75, 3.05) is 7.11 Å². The monoisotopic (exact) mass is 354 g/mol. The number of rotatable bonds is 7. The molecule has 25 heavy (non-hydrogen) atoms. The summed E-state index contributed by atoms with van der Waals surface area (Å²) in [5.41, 5.74) is 1.06. The Morgan fingerprint density at radius 3 is 2.80 bits per heavy atom.